The van der Waals surface area contributed by atoms with Crippen molar-refractivity contribution in [3.63, 3.8) is 0 Å². The number of carbonyl (C=O) groups excluding carboxylic acids is 1. The van der Waals surface area contributed by atoms with Crippen LogP contribution in [0.25, 0.3) is 0 Å². The Labute approximate surface area is 126 Å². The van der Waals surface area contributed by atoms with Gasteiger partial charge in [0.2, 0.25) is 0 Å². The Morgan fingerprint density at radius 2 is 1.81 bits per heavy atom. The molecule has 0 aliphatic heterocycles. The lowest BCUT2D eigenvalue weighted by Gasteiger charge is -2.16. The third kappa shape index (κ3) is 3.15. The van der Waals surface area contributed by atoms with Crippen molar-refractivity contribution in [1.82, 2.24) is 5.32 Å². The van der Waals surface area contributed by atoms with Crippen LogP contribution in [0, 0.1) is 6.92 Å². The van der Waals surface area contributed by atoms with Gasteiger partial charge in [-0.25, -0.2) is 0 Å². The van der Waals surface area contributed by atoms with Crippen LogP contribution < -0.4 is 5.32 Å². The molecule has 3 rings (SSSR count). The summed E-state index contributed by atoms with van der Waals surface area (Å²) in [6, 6.07) is 14.3. The zero-order chi connectivity index (χ0) is 14.7. The summed E-state index contributed by atoms with van der Waals surface area (Å²) in [6.45, 7) is 2.66. The highest BCUT2D eigenvalue weighted by molar-refractivity contribution is 5.94. The maximum atomic E-state index is 12.3. The Hall–Kier alpha value is -2.09. The molecule has 0 aromatic heterocycles. The molecule has 2 aromatic rings. The van der Waals surface area contributed by atoms with Crippen molar-refractivity contribution in [2.75, 3.05) is 0 Å². The third-order valence-corrected chi connectivity index (χ3v) is 4.31. The van der Waals surface area contributed by atoms with Crippen LogP contribution in [0.4, 0.5) is 0 Å². The number of carbonyl (C=O) groups is 1. The Kier molecular flexibility index (Phi) is 4.05. The molecule has 0 heterocycles. The molecule has 0 saturated carbocycles. The summed E-state index contributed by atoms with van der Waals surface area (Å²) in [5.41, 5.74) is 5.93. The molecule has 0 spiro atoms. The van der Waals surface area contributed by atoms with Crippen LogP contribution in [0.3, 0.4) is 0 Å². The number of hydrogen-bond acceptors (Lipinski definition) is 1. The summed E-state index contributed by atoms with van der Waals surface area (Å²) in [5.74, 6) is 0.0200. The van der Waals surface area contributed by atoms with Crippen molar-refractivity contribution in [3.8, 4) is 0 Å². The highest BCUT2D eigenvalue weighted by atomic mass is 16.1. The topological polar surface area (TPSA) is 29.1 Å². The van der Waals surface area contributed by atoms with Crippen molar-refractivity contribution in [2.45, 2.75) is 39.2 Å². The van der Waals surface area contributed by atoms with E-state index in [1.165, 1.54) is 35.1 Å². The second kappa shape index (κ2) is 6.13. The summed E-state index contributed by atoms with van der Waals surface area (Å²) < 4.78 is 0. The molecule has 1 aliphatic rings. The minimum Gasteiger partial charge on any atom is -0.348 e. The van der Waals surface area contributed by atoms with Crippen LogP contribution in [-0.4, -0.2) is 5.91 Å². The standard InChI is InChI=1S/C19H21NO/c1-14-6-2-3-9-18(14)13-20-19(21)17-11-10-15-7-4-5-8-16(15)12-17/h2-3,6,9-12H,4-5,7-8,13H2,1H3,(H,20,21). The molecule has 1 aliphatic carbocycles. The van der Waals surface area contributed by atoms with Gasteiger partial charge in [-0.1, -0.05) is 30.3 Å². The van der Waals surface area contributed by atoms with E-state index >= 15 is 0 Å². The number of amides is 1. The molecule has 108 valence electrons. The van der Waals surface area contributed by atoms with E-state index in [9.17, 15) is 4.79 Å². The second-order valence-electron chi connectivity index (χ2n) is 5.80. The lowest BCUT2D eigenvalue weighted by Crippen LogP contribution is -2.23. The van der Waals surface area contributed by atoms with Gasteiger partial charge in [0, 0.05) is 12.1 Å². The van der Waals surface area contributed by atoms with Crippen LogP contribution in [0.1, 0.15) is 45.5 Å². The van der Waals surface area contributed by atoms with E-state index in [4.69, 9.17) is 0 Å². The summed E-state index contributed by atoms with van der Waals surface area (Å²) >= 11 is 0. The summed E-state index contributed by atoms with van der Waals surface area (Å²) in [7, 11) is 0. The minimum absolute atomic E-state index is 0.0200. The molecule has 0 atom stereocenters. The first kappa shape index (κ1) is 13.9. The van der Waals surface area contributed by atoms with Gasteiger partial charge in [0.05, 0.1) is 0 Å². The first-order valence-corrected chi connectivity index (χ1v) is 7.68. The van der Waals surface area contributed by atoms with E-state index in [-0.39, 0.29) is 5.91 Å². The number of aryl methyl sites for hydroxylation is 3. The number of fused-ring (bicyclic) bond motifs is 1. The zero-order valence-corrected chi connectivity index (χ0v) is 12.5. The normalized spacial score (nSPS) is 13.6. The molecule has 2 nitrogen and oxygen atoms in total. The van der Waals surface area contributed by atoms with Crippen molar-refractivity contribution in [2.24, 2.45) is 0 Å². The minimum atomic E-state index is 0.0200. The molecule has 2 heteroatoms. The highest BCUT2D eigenvalue weighted by Crippen LogP contribution is 2.22. The molecule has 0 unspecified atom stereocenters. The summed E-state index contributed by atoms with van der Waals surface area (Å²) in [5, 5.41) is 3.02. The van der Waals surface area contributed by atoms with Gasteiger partial charge in [-0.15, -0.1) is 0 Å². The van der Waals surface area contributed by atoms with Gasteiger partial charge in [0.25, 0.3) is 5.91 Å². The summed E-state index contributed by atoms with van der Waals surface area (Å²) in [6.07, 6.45) is 4.77. The first-order chi connectivity index (χ1) is 10.2. The van der Waals surface area contributed by atoms with E-state index in [2.05, 4.69) is 36.5 Å². The lowest BCUT2D eigenvalue weighted by atomic mass is 9.90. The van der Waals surface area contributed by atoms with Gasteiger partial charge < -0.3 is 5.32 Å². The fourth-order valence-corrected chi connectivity index (χ4v) is 2.96. The molecular weight excluding hydrogens is 258 g/mol. The Morgan fingerprint density at radius 1 is 1.05 bits per heavy atom. The number of benzene rings is 2. The maximum absolute atomic E-state index is 12.3. The molecular formula is C19H21NO. The first-order valence-electron chi connectivity index (χ1n) is 7.68. The van der Waals surface area contributed by atoms with E-state index in [0.29, 0.717) is 6.54 Å². The Balaban J connectivity index is 1.69. The average molecular weight is 279 g/mol. The van der Waals surface area contributed by atoms with Crippen LogP contribution in [-0.2, 0) is 19.4 Å². The molecule has 0 bridgehead atoms. The molecule has 0 saturated heterocycles. The number of nitrogens with one attached hydrogen (secondary N) is 1. The van der Waals surface area contributed by atoms with Gasteiger partial charge in [0.1, 0.15) is 0 Å². The van der Waals surface area contributed by atoms with E-state index in [1.54, 1.807) is 0 Å². The van der Waals surface area contributed by atoms with E-state index < -0.39 is 0 Å². The molecule has 21 heavy (non-hydrogen) atoms. The highest BCUT2D eigenvalue weighted by Gasteiger charge is 2.12. The van der Waals surface area contributed by atoms with E-state index in [1.807, 2.05) is 18.2 Å². The summed E-state index contributed by atoms with van der Waals surface area (Å²) in [4.78, 5) is 12.3. The fourth-order valence-electron chi connectivity index (χ4n) is 2.96. The quantitative estimate of drug-likeness (QED) is 0.909. The smallest absolute Gasteiger partial charge is 0.251 e. The van der Waals surface area contributed by atoms with Gasteiger partial charge in [-0.05, 0) is 67.0 Å². The van der Waals surface area contributed by atoms with E-state index in [0.717, 1.165) is 18.4 Å². The van der Waals surface area contributed by atoms with Gasteiger partial charge in [0.15, 0.2) is 0 Å². The van der Waals surface area contributed by atoms with Crippen molar-refractivity contribution in [1.29, 1.82) is 0 Å². The SMILES string of the molecule is Cc1ccccc1CNC(=O)c1ccc2c(c1)CCCC2. The van der Waals surface area contributed by atoms with Crippen LogP contribution in [0.2, 0.25) is 0 Å². The molecule has 1 amide bonds. The van der Waals surface area contributed by atoms with Gasteiger partial charge in [-0.2, -0.15) is 0 Å². The second-order valence-corrected chi connectivity index (χ2v) is 5.80. The van der Waals surface area contributed by atoms with Crippen LogP contribution in [0.15, 0.2) is 42.5 Å². The Morgan fingerprint density at radius 3 is 2.62 bits per heavy atom. The maximum Gasteiger partial charge on any atom is 0.251 e. The molecule has 0 radical (unpaired) electrons. The largest absolute Gasteiger partial charge is 0.348 e. The molecule has 2 aromatic carbocycles. The van der Waals surface area contributed by atoms with Crippen molar-refractivity contribution in [3.05, 3.63) is 70.3 Å². The zero-order valence-electron chi connectivity index (χ0n) is 12.5. The predicted molar refractivity (Wildman–Crippen MR) is 85.4 cm³/mol. The monoisotopic (exact) mass is 279 g/mol. The van der Waals surface area contributed by atoms with Crippen molar-refractivity contribution < 1.29 is 4.79 Å². The third-order valence-electron chi connectivity index (χ3n) is 4.31. The Bertz CT molecular complexity index is 660. The predicted octanol–water partition coefficient (Wildman–Crippen LogP) is 3.80. The number of hydrogen-bond donors (Lipinski definition) is 1. The molecule has 0 fully saturated rings. The van der Waals surface area contributed by atoms with Crippen molar-refractivity contribution >= 4 is 5.91 Å². The van der Waals surface area contributed by atoms with Crippen LogP contribution in [0.5, 0.6) is 0 Å². The lowest BCUT2D eigenvalue weighted by molar-refractivity contribution is 0.0950. The van der Waals surface area contributed by atoms with Crippen LogP contribution >= 0.6 is 0 Å². The van der Waals surface area contributed by atoms with Gasteiger partial charge >= 0.3 is 0 Å². The average Bonchev–Trinajstić information content (AvgIpc) is 2.53. The van der Waals surface area contributed by atoms with Gasteiger partial charge in [-0.3, -0.25) is 4.79 Å². The fraction of sp³-hybridized carbons (Fsp3) is 0.316. The number of rotatable bonds is 3. The molecule has 1 N–H and O–H groups in total.